The summed E-state index contributed by atoms with van der Waals surface area (Å²) in [6.07, 6.45) is 3.24. The lowest BCUT2D eigenvalue weighted by Gasteiger charge is -2.09. The number of aromatic nitrogens is 1. The van der Waals surface area contributed by atoms with Gasteiger partial charge in [-0.1, -0.05) is 25.4 Å². The molecule has 1 aromatic carbocycles. The summed E-state index contributed by atoms with van der Waals surface area (Å²) in [5.41, 5.74) is 0. The van der Waals surface area contributed by atoms with Crippen LogP contribution in [0.1, 0.15) is 26.7 Å². The molecule has 0 spiro atoms. The summed E-state index contributed by atoms with van der Waals surface area (Å²) in [5, 5.41) is 0.133. The van der Waals surface area contributed by atoms with Crippen LogP contribution in [0.3, 0.4) is 0 Å². The number of halogens is 2. The number of hydrogen-bond acceptors (Lipinski definition) is 3. The standard InChI is InChI=1S/C17H19ClFNO2/c1-12(2)4-3-9-21-14-5-7-15(8-6-14)22-17-16(18)10-13(19)11-20-17/h5-8,10-12H,3-4,9H2,1-2H3. The van der Waals surface area contributed by atoms with Crippen LogP contribution in [0, 0.1) is 11.7 Å². The third-order valence-electron chi connectivity index (χ3n) is 3.01. The highest BCUT2D eigenvalue weighted by Gasteiger charge is 2.06. The molecule has 2 aromatic rings. The average Bonchev–Trinajstić information content (AvgIpc) is 2.48. The van der Waals surface area contributed by atoms with Gasteiger partial charge in [-0.05, 0) is 49.1 Å². The molecule has 0 aliphatic heterocycles. The summed E-state index contributed by atoms with van der Waals surface area (Å²) < 4.78 is 24.1. The summed E-state index contributed by atoms with van der Waals surface area (Å²) in [4.78, 5) is 3.81. The van der Waals surface area contributed by atoms with Gasteiger partial charge in [0.2, 0.25) is 5.88 Å². The van der Waals surface area contributed by atoms with Gasteiger partial charge in [-0.2, -0.15) is 0 Å². The van der Waals surface area contributed by atoms with Gasteiger partial charge in [0.25, 0.3) is 0 Å². The first kappa shape index (κ1) is 16.6. The Morgan fingerprint density at radius 2 is 1.86 bits per heavy atom. The molecule has 0 saturated heterocycles. The van der Waals surface area contributed by atoms with Crippen molar-refractivity contribution in [1.82, 2.24) is 4.98 Å². The predicted octanol–water partition coefficient (Wildman–Crippen LogP) is 5.48. The molecule has 0 unspecified atom stereocenters. The molecule has 0 N–H and O–H groups in total. The fourth-order valence-corrected chi connectivity index (χ4v) is 2.07. The quantitative estimate of drug-likeness (QED) is 0.632. The Morgan fingerprint density at radius 3 is 2.50 bits per heavy atom. The van der Waals surface area contributed by atoms with Crippen LogP contribution in [0.4, 0.5) is 4.39 Å². The van der Waals surface area contributed by atoms with E-state index in [0.717, 1.165) is 30.9 Å². The van der Waals surface area contributed by atoms with Crippen LogP contribution in [-0.4, -0.2) is 11.6 Å². The number of rotatable bonds is 7. The van der Waals surface area contributed by atoms with Gasteiger partial charge < -0.3 is 9.47 Å². The van der Waals surface area contributed by atoms with Gasteiger partial charge in [0.05, 0.1) is 12.8 Å². The minimum atomic E-state index is -0.498. The van der Waals surface area contributed by atoms with Crippen LogP contribution in [0.2, 0.25) is 5.02 Å². The van der Waals surface area contributed by atoms with Crippen LogP contribution in [0.5, 0.6) is 17.4 Å². The topological polar surface area (TPSA) is 31.4 Å². The van der Waals surface area contributed by atoms with E-state index in [0.29, 0.717) is 18.3 Å². The summed E-state index contributed by atoms with van der Waals surface area (Å²) in [7, 11) is 0. The molecule has 0 aliphatic rings. The first-order valence-corrected chi connectivity index (χ1v) is 7.64. The molecule has 0 fully saturated rings. The zero-order valence-electron chi connectivity index (χ0n) is 12.7. The highest BCUT2D eigenvalue weighted by molar-refractivity contribution is 6.31. The Morgan fingerprint density at radius 1 is 1.18 bits per heavy atom. The van der Waals surface area contributed by atoms with Crippen molar-refractivity contribution in [3.63, 3.8) is 0 Å². The van der Waals surface area contributed by atoms with E-state index in [4.69, 9.17) is 21.1 Å². The van der Waals surface area contributed by atoms with Crippen molar-refractivity contribution in [2.75, 3.05) is 6.61 Å². The second-order valence-electron chi connectivity index (χ2n) is 5.40. The fourth-order valence-electron chi connectivity index (χ4n) is 1.87. The van der Waals surface area contributed by atoms with Gasteiger partial charge in [-0.25, -0.2) is 9.37 Å². The normalized spacial score (nSPS) is 10.8. The maximum Gasteiger partial charge on any atom is 0.238 e. The van der Waals surface area contributed by atoms with Crippen molar-refractivity contribution >= 4 is 11.6 Å². The zero-order chi connectivity index (χ0) is 15.9. The number of ether oxygens (including phenoxy) is 2. The molecule has 0 saturated carbocycles. The molecular formula is C17H19ClFNO2. The number of pyridine rings is 1. The van der Waals surface area contributed by atoms with Crippen molar-refractivity contribution in [3.05, 3.63) is 47.4 Å². The van der Waals surface area contributed by atoms with Crippen LogP contribution in [-0.2, 0) is 0 Å². The van der Waals surface area contributed by atoms with Gasteiger partial charge in [-0.3, -0.25) is 0 Å². The number of benzene rings is 1. The van der Waals surface area contributed by atoms with Crippen molar-refractivity contribution in [2.45, 2.75) is 26.7 Å². The Bertz CT molecular complexity index is 602. The lowest BCUT2D eigenvalue weighted by molar-refractivity contribution is 0.297. The summed E-state index contributed by atoms with van der Waals surface area (Å²) >= 11 is 5.87. The largest absolute Gasteiger partial charge is 0.494 e. The van der Waals surface area contributed by atoms with Gasteiger partial charge >= 0.3 is 0 Å². The highest BCUT2D eigenvalue weighted by Crippen LogP contribution is 2.28. The second-order valence-corrected chi connectivity index (χ2v) is 5.81. The summed E-state index contributed by atoms with van der Waals surface area (Å²) in [5.74, 6) is 1.72. The second kappa shape index (κ2) is 7.99. The molecule has 1 heterocycles. The molecule has 0 atom stereocenters. The summed E-state index contributed by atoms with van der Waals surface area (Å²) in [6.45, 7) is 5.09. The monoisotopic (exact) mass is 323 g/mol. The smallest absolute Gasteiger partial charge is 0.238 e. The Kier molecular flexibility index (Phi) is 6.01. The van der Waals surface area contributed by atoms with E-state index in [1.807, 2.05) is 12.1 Å². The summed E-state index contributed by atoms with van der Waals surface area (Å²) in [6, 6.07) is 8.33. The van der Waals surface area contributed by atoms with Crippen LogP contribution < -0.4 is 9.47 Å². The van der Waals surface area contributed by atoms with E-state index < -0.39 is 5.82 Å². The Balaban J connectivity index is 1.89. The lowest BCUT2D eigenvalue weighted by Crippen LogP contribution is -1.99. The molecule has 0 bridgehead atoms. The third-order valence-corrected chi connectivity index (χ3v) is 3.28. The fraction of sp³-hybridized carbons (Fsp3) is 0.353. The van der Waals surface area contributed by atoms with Crippen LogP contribution in [0.25, 0.3) is 0 Å². The molecule has 5 heteroatoms. The first-order chi connectivity index (χ1) is 10.5. The van der Waals surface area contributed by atoms with E-state index in [1.165, 1.54) is 0 Å². The van der Waals surface area contributed by atoms with Crippen molar-refractivity contribution in [2.24, 2.45) is 5.92 Å². The molecular weight excluding hydrogens is 305 g/mol. The molecule has 0 amide bonds. The average molecular weight is 324 g/mol. The van der Waals surface area contributed by atoms with Crippen molar-refractivity contribution < 1.29 is 13.9 Å². The van der Waals surface area contributed by atoms with E-state index in [9.17, 15) is 4.39 Å². The SMILES string of the molecule is CC(C)CCCOc1ccc(Oc2ncc(F)cc2Cl)cc1. The molecule has 118 valence electrons. The third kappa shape index (κ3) is 5.19. The molecule has 22 heavy (non-hydrogen) atoms. The van der Waals surface area contributed by atoms with Crippen LogP contribution >= 0.6 is 11.6 Å². The van der Waals surface area contributed by atoms with E-state index in [-0.39, 0.29) is 10.9 Å². The number of hydrogen-bond donors (Lipinski definition) is 0. The van der Waals surface area contributed by atoms with Crippen molar-refractivity contribution in [1.29, 1.82) is 0 Å². The van der Waals surface area contributed by atoms with Crippen molar-refractivity contribution in [3.8, 4) is 17.4 Å². The van der Waals surface area contributed by atoms with Gasteiger partial charge in [-0.15, -0.1) is 0 Å². The number of nitrogens with zero attached hydrogens (tertiary/aromatic N) is 1. The minimum Gasteiger partial charge on any atom is -0.494 e. The van der Waals surface area contributed by atoms with E-state index in [2.05, 4.69) is 18.8 Å². The zero-order valence-corrected chi connectivity index (χ0v) is 13.4. The molecule has 2 rings (SSSR count). The molecule has 1 aromatic heterocycles. The van der Waals surface area contributed by atoms with E-state index >= 15 is 0 Å². The molecule has 0 radical (unpaired) electrons. The van der Waals surface area contributed by atoms with Crippen LogP contribution in [0.15, 0.2) is 36.5 Å². The molecule has 3 nitrogen and oxygen atoms in total. The predicted molar refractivity (Wildman–Crippen MR) is 85.3 cm³/mol. The first-order valence-electron chi connectivity index (χ1n) is 7.26. The molecule has 0 aliphatic carbocycles. The van der Waals surface area contributed by atoms with E-state index in [1.54, 1.807) is 12.1 Å². The van der Waals surface area contributed by atoms with Gasteiger partial charge in [0.1, 0.15) is 22.3 Å². The minimum absolute atomic E-state index is 0.133. The maximum absolute atomic E-state index is 12.9. The van der Waals surface area contributed by atoms with Gasteiger partial charge in [0, 0.05) is 0 Å². The maximum atomic E-state index is 12.9. The Hall–Kier alpha value is -1.81. The lowest BCUT2D eigenvalue weighted by atomic mass is 10.1. The Labute approximate surface area is 135 Å². The highest BCUT2D eigenvalue weighted by atomic mass is 35.5. The van der Waals surface area contributed by atoms with Gasteiger partial charge in [0.15, 0.2) is 0 Å².